The van der Waals surface area contributed by atoms with E-state index >= 15 is 0 Å². The minimum atomic E-state index is -4.92. The number of hydrogen-bond acceptors (Lipinski definition) is 2. The molecule has 1 amide bonds. The minimum absolute atomic E-state index is 0.0810. The lowest BCUT2D eigenvalue weighted by molar-refractivity contribution is -0.160. The molecule has 0 radical (unpaired) electrons. The predicted octanol–water partition coefficient (Wildman–Crippen LogP) is 4.50. The third-order valence-electron chi connectivity index (χ3n) is 4.89. The average molecular weight is 428 g/mol. The van der Waals surface area contributed by atoms with Crippen LogP contribution in [0.1, 0.15) is 29.0 Å². The Morgan fingerprint density at radius 3 is 2.03 bits per heavy atom. The van der Waals surface area contributed by atoms with Crippen molar-refractivity contribution in [2.24, 2.45) is 0 Å². The fraction of sp³-hybridized carbons (Fsp3) is 0.500. The fourth-order valence-corrected chi connectivity index (χ4v) is 3.35. The van der Waals surface area contributed by atoms with Crippen LogP contribution in [0.15, 0.2) is 30.5 Å². The number of carbonyl (C=O) groups excluding carboxylic acids is 1. The highest BCUT2D eigenvalue weighted by Gasteiger charge is 2.45. The molecule has 2 heterocycles. The van der Waals surface area contributed by atoms with Crippen molar-refractivity contribution in [1.29, 1.82) is 0 Å². The van der Waals surface area contributed by atoms with Crippen LogP contribution in [-0.2, 0) is 17.1 Å². The molecule has 0 spiro atoms. The molecule has 0 aliphatic carbocycles. The van der Waals surface area contributed by atoms with Crippen LogP contribution in [-0.4, -0.2) is 47.8 Å². The summed E-state index contributed by atoms with van der Waals surface area (Å²) in [6.07, 6.45) is -7.14. The normalized spacial score (nSPS) is 22.3. The maximum absolute atomic E-state index is 13.0. The summed E-state index contributed by atoms with van der Waals surface area (Å²) >= 11 is 0. The van der Waals surface area contributed by atoms with Crippen molar-refractivity contribution in [2.75, 3.05) is 26.2 Å². The van der Waals surface area contributed by atoms with Crippen molar-refractivity contribution >= 4 is 5.91 Å². The molecule has 3 nitrogen and oxygen atoms in total. The number of alkyl halides is 8. The van der Waals surface area contributed by atoms with Crippen molar-refractivity contribution < 1.29 is 39.9 Å². The zero-order chi connectivity index (χ0) is 21.6. The first-order chi connectivity index (χ1) is 13.2. The van der Waals surface area contributed by atoms with Gasteiger partial charge < -0.3 is 9.80 Å². The number of amides is 1. The van der Waals surface area contributed by atoms with Gasteiger partial charge in [-0.3, -0.25) is 4.79 Å². The number of hydrogen-bond donors (Lipinski definition) is 0. The largest absolute Gasteiger partial charge is 0.416 e. The molecule has 1 aromatic rings. The molecule has 160 valence electrons. The summed E-state index contributed by atoms with van der Waals surface area (Å²) in [5, 5.41) is 0. The van der Waals surface area contributed by atoms with Gasteiger partial charge in [0.1, 0.15) is 0 Å². The molecular formula is C18H16F8N2O. The van der Waals surface area contributed by atoms with E-state index in [9.17, 15) is 39.9 Å². The van der Waals surface area contributed by atoms with Crippen LogP contribution in [0.5, 0.6) is 0 Å². The van der Waals surface area contributed by atoms with Crippen molar-refractivity contribution in [2.45, 2.75) is 30.6 Å². The lowest BCUT2D eigenvalue weighted by Gasteiger charge is -2.38. The zero-order valence-corrected chi connectivity index (χ0v) is 14.8. The molecule has 29 heavy (non-hydrogen) atoms. The third kappa shape index (κ3) is 4.99. The molecule has 2 aliphatic heterocycles. The van der Waals surface area contributed by atoms with E-state index in [-0.39, 0.29) is 18.2 Å². The molecule has 0 saturated carbocycles. The summed E-state index contributed by atoms with van der Waals surface area (Å²) in [6, 6.07) is 1.50. The number of nitrogens with zero attached hydrogens (tertiary/aromatic N) is 2. The van der Waals surface area contributed by atoms with Gasteiger partial charge in [-0.05, 0) is 30.2 Å². The second-order valence-corrected chi connectivity index (χ2v) is 7.19. The molecule has 0 N–H and O–H groups in total. The highest BCUT2D eigenvalue weighted by molar-refractivity contribution is 5.88. The quantitative estimate of drug-likeness (QED) is 0.523. The van der Waals surface area contributed by atoms with E-state index in [4.69, 9.17) is 0 Å². The Labute approximate surface area is 160 Å². The summed E-state index contributed by atoms with van der Waals surface area (Å²) in [5.74, 6) is -4.12. The van der Waals surface area contributed by atoms with Crippen molar-refractivity contribution in [3.05, 3.63) is 47.2 Å². The number of benzene rings is 1. The van der Waals surface area contributed by atoms with Crippen molar-refractivity contribution in [3.63, 3.8) is 0 Å². The molecule has 2 saturated heterocycles. The maximum atomic E-state index is 13.0. The standard InChI is InChI=1S/C18H16F8N2O/c19-16(20)9-28(10-16)15(29)2-4-27-3-1-11(8-27)12-5-13(17(21,22)23)7-14(6-12)18(24,25)26/h2,4-7,11H,1,3,8-10H2/b4-2-. The van der Waals surface area contributed by atoms with E-state index in [0.29, 0.717) is 25.1 Å². The van der Waals surface area contributed by atoms with Crippen LogP contribution in [0.3, 0.4) is 0 Å². The molecule has 2 aliphatic rings. The van der Waals surface area contributed by atoms with E-state index in [1.165, 1.54) is 6.20 Å². The van der Waals surface area contributed by atoms with Crippen molar-refractivity contribution in [1.82, 2.24) is 9.80 Å². The molecule has 1 aromatic carbocycles. The first-order valence-corrected chi connectivity index (χ1v) is 8.63. The third-order valence-corrected chi connectivity index (χ3v) is 4.89. The highest BCUT2D eigenvalue weighted by Crippen LogP contribution is 2.39. The van der Waals surface area contributed by atoms with Crippen LogP contribution in [0.2, 0.25) is 0 Å². The second kappa shape index (κ2) is 7.17. The molecule has 3 rings (SSSR count). The summed E-state index contributed by atoms with van der Waals surface area (Å²) in [6.45, 7) is -0.937. The van der Waals surface area contributed by atoms with Crippen LogP contribution in [0, 0.1) is 0 Å². The molecule has 0 aromatic heterocycles. The Balaban J connectivity index is 1.71. The van der Waals surface area contributed by atoms with E-state index in [1.54, 1.807) is 4.90 Å². The topological polar surface area (TPSA) is 23.6 Å². The monoisotopic (exact) mass is 428 g/mol. The highest BCUT2D eigenvalue weighted by atomic mass is 19.4. The van der Waals surface area contributed by atoms with Gasteiger partial charge >= 0.3 is 12.4 Å². The van der Waals surface area contributed by atoms with Crippen LogP contribution in [0.4, 0.5) is 35.1 Å². The van der Waals surface area contributed by atoms with Gasteiger partial charge in [0.15, 0.2) is 0 Å². The van der Waals surface area contributed by atoms with E-state index < -0.39 is 54.3 Å². The number of rotatable bonds is 3. The van der Waals surface area contributed by atoms with Gasteiger partial charge in [-0.1, -0.05) is 0 Å². The van der Waals surface area contributed by atoms with E-state index in [0.717, 1.165) is 11.0 Å². The summed E-state index contributed by atoms with van der Waals surface area (Å²) in [7, 11) is 0. The van der Waals surface area contributed by atoms with Gasteiger partial charge in [-0.2, -0.15) is 26.3 Å². The van der Waals surface area contributed by atoms with Crippen LogP contribution in [0.25, 0.3) is 0 Å². The van der Waals surface area contributed by atoms with E-state index in [1.807, 2.05) is 0 Å². The first kappa shape index (κ1) is 21.4. The molecule has 0 bridgehead atoms. The van der Waals surface area contributed by atoms with E-state index in [2.05, 4.69) is 0 Å². The fourth-order valence-electron chi connectivity index (χ4n) is 3.35. The Kier molecular flexibility index (Phi) is 5.29. The van der Waals surface area contributed by atoms with Gasteiger partial charge in [0.05, 0.1) is 24.2 Å². The summed E-state index contributed by atoms with van der Waals surface area (Å²) in [5.41, 5.74) is -2.83. The summed E-state index contributed by atoms with van der Waals surface area (Å²) in [4.78, 5) is 14.3. The van der Waals surface area contributed by atoms with Crippen LogP contribution < -0.4 is 0 Å². The number of carbonyl (C=O) groups is 1. The second-order valence-electron chi connectivity index (χ2n) is 7.19. The smallest absolute Gasteiger partial charge is 0.377 e. The Morgan fingerprint density at radius 1 is 1.00 bits per heavy atom. The van der Waals surface area contributed by atoms with Gasteiger partial charge in [-0.15, -0.1) is 0 Å². The SMILES string of the molecule is O=C(/C=C\N1CCC(c2cc(C(F)(F)F)cc(C(F)(F)F)c2)C1)N1CC(F)(F)C1. The molecule has 1 unspecified atom stereocenters. The Morgan fingerprint density at radius 2 is 1.55 bits per heavy atom. The minimum Gasteiger partial charge on any atom is -0.377 e. The van der Waals surface area contributed by atoms with Gasteiger partial charge in [-0.25, -0.2) is 8.78 Å². The van der Waals surface area contributed by atoms with Gasteiger partial charge in [0.2, 0.25) is 5.91 Å². The predicted molar refractivity (Wildman–Crippen MR) is 86.0 cm³/mol. The Bertz CT molecular complexity index is 775. The maximum Gasteiger partial charge on any atom is 0.416 e. The molecular weight excluding hydrogens is 412 g/mol. The number of likely N-dealkylation sites (tertiary alicyclic amines) is 2. The Hall–Kier alpha value is -2.33. The lowest BCUT2D eigenvalue weighted by Crippen LogP contribution is -2.58. The zero-order valence-electron chi connectivity index (χ0n) is 14.8. The summed E-state index contributed by atoms with van der Waals surface area (Å²) < 4.78 is 104. The van der Waals surface area contributed by atoms with Crippen LogP contribution >= 0.6 is 0 Å². The molecule has 1 atom stereocenters. The average Bonchev–Trinajstić information content (AvgIpc) is 3.04. The van der Waals surface area contributed by atoms with Crippen molar-refractivity contribution in [3.8, 4) is 0 Å². The molecule has 2 fully saturated rings. The number of halogens is 8. The lowest BCUT2D eigenvalue weighted by atomic mass is 9.94. The van der Waals surface area contributed by atoms with Gasteiger partial charge in [0, 0.05) is 31.3 Å². The van der Waals surface area contributed by atoms with Gasteiger partial charge in [0.25, 0.3) is 5.92 Å². The first-order valence-electron chi connectivity index (χ1n) is 8.63. The molecule has 11 heteroatoms.